The molecule has 0 spiro atoms. The van der Waals surface area contributed by atoms with Gasteiger partial charge in [-0.25, -0.2) is 5.43 Å². The van der Waals surface area contributed by atoms with Crippen LogP contribution in [0.25, 0.3) is 0 Å². The first-order valence-corrected chi connectivity index (χ1v) is 11.2. The molecule has 1 unspecified atom stereocenters. The van der Waals surface area contributed by atoms with Crippen LogP contribution in [0.15, 0.2) is 44.4 Å². The van der Waals surface area contributed by atoms with E-state index in [1.165, 1.54) is 11.3 Å². The van der Waals surface area contributed by atoms with Crippen LogP contribution in [0.4, 0.5) is 5.69 Å². The van der Waals surface area contributed by atoms with Crippen molar-refractivity contribution in [3.05, 3.63) is 56.0 Å². The fraction of sp³-hybridized carbons (Fsp3) is 0.364. The lowest BCUT2D eigenvalue weighted by atomic mass is 9.79. The van der Waals surface area contributed by atoms with Gasteiger partial charge in [-0.15, -0.1) is 0 Å². The fourth-order valence-electron chi connectivity index (χ4n) is 4.15. The SMILES string of the molecule is CCN1c2ccc(/C=N/NC(=O)c3cc(Br)cc(Br)c3O)cc2C(C)CC1(C)C. The second-order valence-corrected chi connectivity index (χ2v) is 9.73. The molecule has 5 nitrogen and oxygen atoms in total. The first kappa shape index (κ1) is 21.8. The van der Waals surface area contributed by atoms with Crippen LogP contribution in [0, 0.1) is 0 Å². The summed E-state index contributed by atoms with van der Waals surface area (Å²) in [6.45, 7) is 9.97. The van der Waals surface area contributed by atoms with Crippen molar-refractivity contribution in [2.75, 3.05) is 11.4 Å². The van der Waals surface area contributed by atoms with E-state index in [9.17, 15) is 9.90 Å². The lowest BCUT2D eigenvalue weighted by molar-refractivity contribution is 0.0952. The maximum atomic E-state index is 12.4. The highest BCUT2D eigenvalue weighted by Crippen LogP contribution is 2.43. The van der Waals surface area contributed by atoms with Crippen LogP contribution >= 0.6 is 31.9 Å². The minimum absolute atomic E-state index is 0.120. The molecule has 3 rings (SSSR count). The van der Waals surface area contributed by atoms with Crippen molar-refractivity contribution in [3.8, 4) is 5.75 Å². The van der Waals surface area contributed by atoms with Crippen LogP contribution in [-0.4, -0.2) is 29.3 Å². The molecule has 2 N–H and O–H groups in total. The van der Waals surface area contributed by atoms with Gasteiger partial charge in [0, 0.05) is 22.2 Å². The van der Waals surface area contributed by atoms with E-state index in [-0.39, 0.29) is 16.9 Å². The third-order valence-corrected chi connectivity index (χ3v) is 6.44. The number of hydrogen-bond acceptors (Lipinski definition) is 4. The molecule has 2 aromatic rings. The number of fused-ring (bicyclic) bond motifs is 1. The topological polar surface area (TPSA) is 64.9 Å². The van der Waals surface area contributed by atoms with E-state index in [2.05, 4.69) is 87.1 Å². The van der Waals surface area contributed by atoms with Crippen LogP contribution in [0.5, 0.6) is 5.75 Å². The Bertz CT molecular complexity index is 973. The molecule has 0 aromatic heterocycles. The number of carbonyl (C=O) groups is 1. The lowest BCUT2D eigenvalue weighted by Gasteiger charge is -2.47. The minimum Gasteiger partial charge on any atom is -0.506 e. The highest BCUT2D eigenvalue weighted by atomic mass is 79.9. The maximum absolute atomic E-state index is 12.4. The summed E-state index contributed by atoms with van der Waals surface area (Å²) in [4.78, 5) is 14.8. The van der Waals surface area contributed by atoms with Gasteiger partial charge in [-0.05, 0) is 84.4 Å². The van der Waals surface area contributed by atoms with E-state index >= 15 is 0 Å². The molecule has 0 fully saturated rings. The third kappa shape index (κ3) is 4.51. The molecule has 1 aliphatic rings. The molecule has 1 atom stereocenters. The number of nitrogens with zero attached hydrogens (tertiary/aromatic N) is 2. The number of phenolic OH excluding ortho intramolecular Hbond substituents is 1. The Labute approximate surface area is 188 Å². The zero-order valence-electron chi connectivity index (χ0n) is 17.0. The van der Waals surface area contributed by atoms with E-state index < -0.39 is 5.91 Å². The second-order valence-electron chi connectivity index (χ2n) is 7.96. The van der Waals surface area contributed by atoms with Gasteiger partial charge in [-0.2, -0.15) is 5.10 Å². The summed E-state index contributed by atoms with van der Waals surface area (Å²) in [5.74, 6) is -0.154. The van der Waals surface area contributed by atoms with Gasteiger partial charge in [0.1, 0.15) is 5.75 Å². The predicted octanol–water partition coefficient (Wildman–Crippen LogP) is 5.79. The number of hydrogen-bond donors (Lipinski definition) is 2. The Kier molecular flexibility index (Phi) is 6.39. The van der Waals surface area contributed by atoms with E-state index in [0.29, 0.717) is 14.9 Å². The van der Waals surface area contributed by atoms with Gasteiger partial charge >= 0.3 is 0 Å². The highest BCUT2D eigenvalue weighted by Gasteiger charge is 2.35. The second kappa shape index (κ2) is 8.48. The first-order valence-electron chi connectivity index (χ1n) is 9.57. The van der Waals surface area contributed by atoms with Crippen molar-refractivity contribution in [2.24, 2.45) is 5.10 Å². The van der Waals surface area contributed by atoms with E-state index in [4.69, 9.17) is 0 Å². The third-order valence-electron chi connectivity index (χ3n) is 5.38. The van der Waals surface area contributed by atoms with Crippen LogP contribution < -0.4 is 10.3 Å². The molecule has 1 aliphatic heterocycles. The normalized spacial score (nSPS) is 18.0. The number of nitrogens with one attached hydrogen (secondary N) is 1. The molecule has 7 heteroatoms. The summed E-state index contributed by atoms with van der Waals surface area (Å²) in [7, 11) is 0. The van der Waals surface area contributed by atoms with Gasteiger partial charge in [0.2, 0.25) is 0 Å². The summed E-state index contributed by atoms with van der Waals surface area (Å²) in [5, 5.41) is 14.2. The summed E-state index contributed by atoms with van der Waals surface area (Å²) < 4.78 is 1.12. The monoisotopic (exact) mass is 521 g/mol. The van der Waals surface area contributed by atoms with Crippen molar-refractivity contribution in [2.45, 2.75) is 45.6 Å². The van der Waals surface area contributed by atoms with Gasteiger partial charge < -0.3 is 10.0 Å². The molecule has 0 aliphatic carbocycles. The summed E-state index contributed by atoms with van der Waals surface area (Å²) >= 11 is 6.54. The van der Waals surface area contributed by atoms with E-state index in [0.717, 1.165) is 18.5 Å². The zero-order valence-corrected chi connectivity index (χ0v) is 20.1. The molecule has 0 saturated carbocycles. The van der Waals surface area contributed by atoms with Crippen LogP contribution in [-0.2, 0) is 0 Å². The van der Waals surface area contributed by atoms with Crippen molar-refractivity contribution < 1.29 is 9.90 Å². The van der Waals surface area contributed by atoms with Gasteiger partial charge in [0.05, 0.1) is 16.3 Å². The Morgan fingerprint density at radius 3 is 2.76 bits per heavy atom. The zero-order chi connectivity index (χ0) is 21.3. The quantitative estimate of drug-likeness (QED) is 0.394. The largest absolute Gasteiger partial charge is 0.506 e. The van der Waals surface area contributed by atoms with Crippen molar-refractivity contribution in [1.29, 1.82) is 0 Å². The van der Waals surface area contributed by atoms with E-state index in [1.54, 1.807) is 18.3 Å². The minimum atomic E-state index is -0.481. The standard InChI is InChI=1S/C22H25Br2N3O2/c1-5-27-19-7-6-14(8-16(19)13(2)11-22(27,3)4)12-25-26-21(29)17-9-15(23)10-18(24)20(17)28/h6-10,12-13,28H,5,11H2,1-4H3,(H,26,29)/b25-12+. The van der Waals surface area contributed by atoms with Gasteiger partial charge in [0.25, 0.3) is 5.91 Å². The number of rotatable bonds is 4. The molecule has 0 bridgehead atoms. The van der Waals surface area contributed by atoms with Crippen molar-refractivity contribution >= 4 is 49.7 Å². The molecule has 0 saturated heterocycles. The molecule has 1 amide bonds. The number of benzene rings is 2. The van der Waals surface area contributed by atoms with Gasteiger partial charge in [-0.3, -0.25) is 4.79 Å². The number of carbonyl (C=O) groups excluding carboxylic acids is 1. The summed E-state index contributed by atoms with van der Waals surface area (Å²) in [6.07, 6.45) is 2.72. The van der Waals surface area contributed by atoms with Crippen molar-refractivity contribution in [3.63, 3.8) is 0 Å². The molecule has 0 radical (unpaired) electrons. The maximum Gasteiger partial charge on any atom is 0.275 e. The van der Waals surface area contributed by atoms with Crippen LogP contribution in [0.3, 0.4) is 0 Å². The number of aromatic hydroxyl groups is 1. The summed E-state index contributed by atoms with van der Waals surface area (Å²) in [6, 6.07) is 9.51. The predicted molar refractivity (Wildman–Crippen MR) is 125 cm³/mol. The van der Waals surface area contributed by atoms with Gasteiger partial charge in [-0.1, -0.05) is 28.9 Å². The fourth-order valence-corrected chi connectivity index (χ4v) is 5.38. The molecular formula is C22H25Br2N3O2. The average Bonchev–Trinajstić information content (AvgIpc) is 2.64. The Morgan fingerprint density at radius 2 is 2.07 bits per heavy atom. The molecule has 29 heavy (non-hydrogen) atoms. The smallest absolute Gasteiger partial charge is 0.275 e. The molecule has 2 aromatic carbocycles. The van der Waals surface area contributed by atoms with Crippen LogP contribution in [0.2, 0.25) is 0 Å². The number of phenols is 1. The molecule has 1 heterocycles. The molecular weight excluding hydrogens is 498 g/mol. The lowest BCUT2D eigenvalue weighted by Crippen LogP contribution is -2.48. The Balaban J connectivity index is 1.79. The van der Waals surface area contributed by atoms with Crippen LogP contribution in [0.1, 0.15) is 61.5 Å². The number of anilines is 1. The molecule has 154 valence electrons. The summed E-state index contributed by atoms with van der Waals surface area (Å²) in [5.41, 5.74) is 6.25. The number of amides is 1. The number of hydrazone groups is 1. The number of halogens is 2. The Morgan fingerprint density at radius 1 is 1.34 bits per heavy atom. The van der Waals surface area contributed by atoms with E-state index in [1.807, 2.05) is 6.07 Å². The van der Waals surface area contributed by atoms with Gasteiger partial charge in [0.15, 0.2) is 0 Å². The highest BCUT2D eigenvalue weighted by molar-refractivity contribution is 9.11. The average molecular weight is 523 g/mol. The van der Waals surface area contributed by atoms with Crippen molar-refractivity contribution in [1.82, 2.24) is 5.43 Å². The first-order chi connectivity index (χ1) is 13.6. The Hall–Kier alpha value is -1.86.